The van der Waals surface area contributed by atoms with Crippen molar-refractivity contribution in [2.45, 2.75) is 38.0 Å². The van der Waals surface area contributed by atoms with Crippen molar-refractivity contribution in [3.8, 4) is 0 Å². The minimum absolute atomic E-state index is 0.153. The molecule has 1 saturated heterocycles. The van der Waals surface area contributed by atoms with Crippen LogP contribution in [0.25, 0.3) is 0 Å². The van der Waals surface area contributed by atoms with E-state index in [2.05, 4.69) is 26.5 Å². The first-order valence-electron chi connectivity index (χ1n) is 7.16. The Morgan fingerprint density at radius 3 is 2.79 bits per heavy atom. The fraction of sp³-hybridized carbons (Fsp3) is 0.562. The highest BCUT2D eigenvalue weighted by Crippen LogP contribution is 2.25. The Kier molecular flexibility index (Phi) is 4.92. The monoisotopic (exact) mass is 277 g/mol. The molecule has 1 fully saturated rings. The highest BCUT2D eigenvalue weighted by molar-refractivity contribution is 7.80. The third kappa shape index (κ3) is 3.75. The molecule has 104 valence electrons. The zero-order chi connectivity index (χ0) is 13.8. The molecular formula is C16H23NOS. The predicted molar refractivity (Wildman–Crippen MR) is 81.8 cm³/mol. The van der Waals surface area contributed by atoms with Crippen molar-refractivity contribution < 1.29 is 4.79 Å². The van der Waals surface area contributed by atoms with Crippen molar-refractivity contribution in [1.29, 1.82) is 0 Å². The standard InChI is InChI=1S/C16H23NOS/c1-12(2)13-6-4-9-17(10-8-13)16(18)14-5-3-7-15(19)11-14/h3,5,7,11-13,19H,4,6,8-10H2,1-2H3. The molecule has 0 spiro atoms. The lowest BCUT2D eigenvalue weighted by molar-refractivity contribution is 0.0758. The van der Waals surface area contributed by atoms with Crippen molar-refractivity contribution in [2.24, 2.45) is 11.8 Å². The summed E-state index contributed by atoms with van der Waals surface area (Å²) in [6.45, 7) is 6.34. The van der Waals surface area contributed by atoms with Gasteiger partial charge in [-0.05, 0) is 49.3 Å². The maximum Gasteiger partial charge on any atom is 0.253 e. The molecule has 19 heavy (non-hydrogen) atoms. The number of hydrogen-bond donors (Lipinski definition) is 1. The summed E-state index contributed by atoms with van der Waals surface area (Å²) in [5, 5.41) is 0. The van der Waals surface area contributed by atoms with Gasteiger partial charge in [0.15, 0.2) is 0 Å². The van der Waals surface area contributed by atoms with E-state index >= 15 is 0 Å². The van der Waals surface area contributed by atoms with E-state index in [1.807, 2.05) is 29.2 Å². The molecule has 1 atom stereocenters. The van der Waals surface area contributed by atoms with Crippen LogP contribution in [-0.2, 0) is 0 Å². The van der Waals surface area contributed by atoms with Crippen LogP contribution in [0, 0.1) is 11.8 Å². The zero-order valence-corrected chi connectivity index (χ0v) is 12.7. The molecule has 2 rings (SSSR count). The van der Waals surface area contributed by atoms with Gasteiger partial charge < -0.3 is 4.90 Å². The summed E-state index contributed by atoms with van der Waals surface area (Å²) in [7, 11) is 0. The Morgan fingerprint density at radius 2 is 2.11 bits per heavy atom. The van der Waals surface area contributed by atoms with E-state index in [0.717, 1.165) is 48.2 Å². The van der Waals surface area contributed by atoms with Gasteiger partial charge in [0.1, 0.15) is 0 Å². The van der Waals surface area contributed by atoms with E-state index in [4.69, 9.17) is 0 Å². The number of rotatable bonds is 2. The summed E-state index contributed by atoms with van der Waals surface area (Å²) in [6, 6.07) is 7.53. The van der Waals surface area contributed by atoms with Crippen LogP contribution in [0.5, 0.6) is 0 Å². The zero-order valence-electron chi connectivity index (χ0n) is 11.8. The summed E-state index contributed by atoms with van der Waals surface area (Å²) >= 11 is 4.30. The van der Waals surface area contributed by atoms with Gasteiger partial charge in [0.05, 0.1) is 0 Å². The normalized spacial score (nSPS) is 20.4. The van der Waals surface area contributed by atoms with Crippen molar-refractivity contribution in [3.05, 3.63) is 29.8 Å². The van der Waals surface area contributed by atoms with Crippen LogP contribution in [0.15, 0.2) is 29.2 Å². The molecule has 0 radical (unpaired) electrons. The van der Waals surface area contributed by atoms with Gasteiger partial charge in [-0.25, -0.2) is 0 Å². The van der Waals surface area contributed by atoms with Gasteiger partial charge in [0.2, 0.25) is 0 Å². The Bertz CT molecular complexity index is 444. The van der Waals surface area contributed by atoms with E-state index in [0.29, 0.717) is 0 Å². The topological polar surface area (TPSA) is 20.3 Å². The smallest absolute Gasteiger partial charge is 0.253 e. The molecule has 3 heteroatoms. The highest BCUT2D eigenvalue weighted by atomic mass is 32.1. The minimum atomic E-state index is 0.153. The van der Waals surface area contributed by atoms with Gasteiger partial charge in [0.25, 0.3) is 5.91 Å². The minimum Gasteiger partial charge on any atom is -0.339 e. The van der Waals surface area contributed by atoms with Crippen molar-refractivity contribution in [3.63, 3.8) is 0 Å². The van der Waals surface area contributed by atoms with Crippen LogP contribution < -0.4 is 0 Å². The van der Waals surface area contributed by atoms with Crippen LogP contribution in [0.1, 0.15) is 43.5 Å². The molecule has 0 N–H and O–H groups in total. The number of amides is 1. The second-order valence-electron chi connectivity index (χ2n) is 5.78. The first-order chi connectivity index (χ1) is 9.08. The van der Waals surface area contributed by atoms with Crippen LogP contribution in [0.4, 0.5) is 0 Å². The van der Waals surface area contributed by atoms with Gasteiger partial charge in [-0.3, -0.25) is 4.79 Å². The first-order valence-corrected chi connectivity index (χ1v) is 7.61. The Hall–Kier alpha value is -0.960. The maximum absolute atomic E-state index is 12.5. The molecule has 1 unspecified atom stereocenters. The number of likely N-dealkylation sites (tertiary alicyclic amines) is 1. The number of hydrogen-bond acceptors (Lipinski definition) is 2. The second kappa shape index (κ2) is 6.47. The number of benzene rings is 1. The lowest BCUT2D eigenvalue weighted by Gasteiger charge is -2.21. The molecule has 1 aliphatic rings. The quantitative estimate of drug-likeness (QED) is 0.814. The molecule has 1 aromatic carbocycles. The maximum atomic E-state index is 12.5. The summed E-state index contributed by atoms with van der Waals surface area (Å²) in [5.74, 6) is 1.63. The largest absolute Gasteiger partial charge is 0.339 e. The summed E-state index contributed by atoms with van der Waals surface area (Å²) in [4.78, 5) is 15.3. The number of carbonyl (C=O) groups is 1. The molecule has 0 bridgehead atoms. The number of thiol groups is 1. The third-order valence-electron chi connectivity index (χ3n) is 4.10. The van der Waals surface area contributed by atoms with Crippen LogP contribution in [0.2, 0.25) is 0 Å². The van der Waals surface area contributed by atoms with Crippen LogP contribution in [0.3, 0.4) is 0 Å². The third-order valence-corrected chi connectivity index (χ3v) is 4.37. The highest BCUT2D eigenvalue weighted by Gasteiger charge is 2.23. The summed E-state index contributed by atoms with van der Waals surface area (Å²) in [5.41, 5.74) is 0.760. The van der Waals surface area contributed by atoms with E-state index in [1.54, 1.807) is 0 Å². The summed E-state index contributed by atoms with van der Waals surface area (Å²) < 4.78 is 0. The first kappa shape index (κ1) is 14.4. The molecule has 0 saturated carbocycles. The lowest BCUT2D eigenvalue weighted by atomic mass is 9.89. The van der Waals surface area contributed by atoms with Crippen molar-refractivity contribution >= 4 is 18.5 Å². The average Bonchev–Trinajstić information content (AvgIpc) is 2.63. The van der Waals surface area contributed by atoms with E-state index in [1.165, 1.54) is 6.42 Å². The Labute approximate surface area is 121 Å². The number of nitrogens with zero attached hydrogens (tertiary/aromatic N) is 1. The van der Waals surface area contributed by atoms with Crippen LogP contribution in [-0.4, -0.2) is 23.9 Å². The molecule has 1 aliphatic heterocycles. The molecule has 1 heterocycles. The van der Waals surface area contributed by atoms with E-state index in [-0.39, 0.29) is 5.91 Å². The lowest BCUT2D eigenvalue weighted by Crippen LogP contribution is -2.32. The van der Waals surface area contributed by atoms with Gasteiger partial charge in [-0.2, -0.15) is 0 Å². The average molecular weight is 277 g/mol. The SMILES string of the molecule is CC(C)C1CCCN(C(=O)c2cccc(S)c2)CC1. The van der Waals surface area contributed by atoms with Gasteiger partial charge in [0, 0.05) is 23.5 Å². The van der Waals surface area contributed by atoms with Gasteiger partial charge >= 0.3 is 0 Å². The Balaban J connectivity index is 2.04. The number of carbonyl (C=O) groups excluding carboxylic acids is 1. The molecule has 1 amide bonds. The molecule has 0 aromatic heterocycles. The fourth-order valence-electron chi connectivity index (χ4n) is 2.81. The molecular weight excluding hydrogens is 254 g/mol. The summed E-state index contributed by atoms with van der Waals surface area (Å²) in [6.07, 6.45) is 3.49. The van der Waals surface area contributed by atoms with Crippen LogP contribution >= 0.6 is 12.6 Å². The predicted octanol–water partition coefficient (Wildman–Crippen LogP) is 3.87. The molecule has 1 aromatic rings. The van der Waals surface area contributed by atoms with Crippen molar-refractivity contribution in [2.75, 3.05) is 13.1 Å². The van der Waals surface area contributed by atoms with E-state index < -0.39 is 0 Å². The van der Waals surface area contributed by atoms with E-state index in [9.17, 15) is 4.79 Å². The molecule has 0 aliphatic carbocycles. The van der Waals surface area contributed by atoms with Crippen molar-refractivity contribution in [1.82, 2.24) is 4.90 Å². The fourth-order valence-corrected chi connectivity index (χ4v) is 3.04. The second-order valence-corrected chi connectivity index (χ2v) is 6.29. The molecule has 2 nitrogen and oxygen atoms in total. The Morgan fingerprint density at radius 1 is 1.32 bits per heavy atom. The van der Waals surface area contributed by atoms with Gasteiger partial charge in [-0.1, -0.05) is 19.9 Å². The van der Waals surface area contributed by atoms with Gasteiger partial charge in [-0.15, -0.1) is 12.6 Å².